The van der Waals surface area contributed by atoms with Crippen molar-refractivity contribution in [3.05, 3.63) is 35.8 Å². The molecule has 2 aromatic heterocycles. The second-order valence-corrected chi connectivity index (χ2v) is 9.04. The van der Waals surface area contributed by atoms with Crippen LogP contribution in [0.1, 0.15) is 43.0 Å². The molecule has 2 fully saturated rings. The van der Waals surface area contributed by atoms with Gasteiger partial charge >= 0.3 is 0 Å². The van der Waals surface area contributed by atoms with Gasteiger partial charge in [0.2, 0.25) is 0 Å². The summed E-state index contributed by atoms with van der Waals surface area (Å²) in [6.45, 7) is 0. The molecule has 0 aliphatic heterocycles. The van der Waals surface area contributed by atoms with Crippen LogP contribution in [0.3, 0.4) is 0 Å². The highest BCUT2D eigenvalue weighted by molar-refractivity contribution is 7.91. The summed E-state index contributed by atoms with van der Waals surface area (Å²) in [4.78, 5) is 12.2. The Morgan fingerprint density at radius 2 is 2.00 bits per heavy atom. The quantitative estimate of drug-likeness (QED) is 0.799. The number of pyridine rings is 1. The van der Waals surface area contributed by atoms with Crippen LogP contribution in [0.4, 0.5) is 0 Å². The summed E-state index contributed by atoms with van der Waals surface area (Å²) in [6.07, 6.45) is 5.82. The maximum atomic E-state index is 12.2. The Kier molecular flexibility index (Phi) is 2.66. The van der Waals surface area contributed by atoms with Crippen molar-refractivity contribution in [3.63, 3.8) is 0 Å². The number of aromatic amines is 1. The fourth-order valence-corrected chi connectivity index (χ4v) is 4.81. The molecule has 0 saturated heterocycles. The molecule has 5 nitrogen and oxygen atoms in total. The maximum absolute atomic E-state index is 12.2. The summed E-state index contributed by atoms with van der Waals surface area (Å²) in [5.41, 5.74) is 3.89. The van der Waals surface area contributed by atoms with E-state index in [1.54, 1.807) is 6.20 Å². The first-order valence-corrected chi connectivity index (χ1v) is 9.80. The van der Waals surface area contributed by atoms with Gasteiger partial charge in [-0.05, 0) is 49.3 Å². The molecule has 1 N–H and O–H groups in total. The van der Waals surface area contributed by atoms with Gasteiger partial charge in [-0.15, -0.1) is 0 Å². The minimum atomic E-state index is -3.07. The second-order valence-electron chi connectivity index (χ2n) is 6.76. The summed E-state index contributed by atoms with van der Waals surface area (Å²) in [7, 11) is -3.07. The first kappa shape index (κ1) is 13.5. The van der Waals surface area contributed by atoms with E-state index in [2.05, 4.69) is 27.1 Å². The number of benzene rings is 1. The lowest BCUT2D eigenvalue weighted by Gasteiger charge is -2.02. The van der Waals surface area contributed by atoms with Gasteiger partial charge in [0, 0.05) is 5.39 Å². The maximum Gasteiger partial charge on any atom is 0.160 e. The normalized spacial score (nSPS) is 18.8. The minimum Gasteiger partial charge on any atom is -0.340 e. The number of imidazole rings is 1. The van der Waals surface area contributed by atoms with E-state index < -0.39 is 9.84 Å². The summed E-state index contributed by atoms with van der Waals surface area (Å²) in [5.74, 6) is 1.19. The fourth-order valence-electron chi connectivity index (χ4n) is 3.20. The minimum absolute atomic E-state index is 0.00381. The molecule has 0 unspecified atom stereocenters. The van der Waals surface area contributed by atoms with Crippen LogP contribution in [0.2, 0.25) is 0 Å². The van der Waals surface area contributed by atoms with E-state index in [4.69, 9.17) is 0 Å². The number of H-pyrrole nitrogens is 1. The second kappa shape index (κ2) is 4.54. The van der Waals surface area contributed by atoms with E-state index in [0.29, 0.717) is 11.7 Å². The lowest BCUT2D eigenvalue weighted by molar-refractivity contribution is 0.593. The number of rotatable bonds is 4. The number of fused-ring (bicyclic) bond motifs is 3. The molecule has 3 aromatic rings. The van der Waals surface area contributed by atoms with E-state index in [-0.39, 0.29) is 11.0 Å². The molecule has 118 valence electrons. The van der Waals surface area contributed by atoms with Crippen LogP contribution in [0.5, 0.6) is 0 Å². The summed E-state index contributed by atoms with van der Waals surface area (Å²) in [6, 6.07) is 6.35. The highest BCUT2D eigenvalue weighted by Gasteiger charge is 2.36. The van der Waals surface area contributed by atoms with E-state index in [1.165, 1.54) is 18.4 Å². The van der Waals surface area contributed by atoms with Crippen LogP contribution in [0, 0.1) is 0 Å². The molecule has 2 aliphatic rings. The van der Waals surface area contributed by atoms with E-state index in [9.17, 15) is 8.42 Å². The molecule has 1 aromatic carbocycles. The van der Waals surface area contributed by atoms with Gasteiger partial charge in [0.05, 0.1) is 28.0 Å². The Morgan fingerprint density at radius 3 is 2.74 bits per heavy atom. The van der Waals surface area contributed by atoms with Gasteiger partial charge < -0.3 is 4.98 Å². The van der Waals surface area contributed by atoms with Crippen molar-refractivity contribution in [2.24, 2.45) is 0 Å². The predicted molar refractivity (Wildman–Crippen MR) is 89.0 cm³/mol. The Morgan fingerprint density at radius 1 is 1.17 bits per heavy atom. The summed E-state index contributed by atoms with van der Waals surface area (Å²) >= 11 is 0. The molecule has 2 aliphatic carbocycles. The molecule has 23 heavy (non-hydrogen) atoms. The largest absolute Gasteiger partial charge is 0.340 e. The first-order valence-electron chi connectivity index (χ1n) is 8.09. The zero-order valence-electron chi connectivity index (χ0n) is 12.6. The zero-order valence-corrected chi connectivity index (χ0v) is 13.4. The predicted octanol–water partition coefficient (Wildman–Crippen LogP) is 3.07. The van der Waals surface area contributed by atoms with Crippen molar-refractivity contribution in [2.75, 3.05) is 0 Å². The average molecular weight is 327 g/mol. The van der Waals surface area contributed by atoms with Crippen molar-refractivity contribution < 1.29 is 8.42 Å². The zero-order chi connectivity index (χ0) is 15.6. The van der Waals surface area contributed by atoms with Crippen LogP contribution in [-0.4, -0.2) is 28.6 Å². The molecule has 0 bridgehead atoms. The Labute approximate surface area is 134 Å². The smallest absolute Gasteiger partial charge is 0.160 e. The van der Waals surface area contributed by atoms with E-state index in [1.807, 2.05) is 6.07 Å². The molecule has 5 rings (SSSR count). The monoisotopic (exact) mass is 327 g/mol. The topological polar surface area (TPSA) is 75.7 Å². The van der Waals surface area contributed by atoms with Crippen LogP contribution >= 0.6 is 0 Å². The van der Waals surface area contributed by atoms with Crippen molar-refractivity contribution >= 4 is 31.8 Å². The van der Waals surface area contributed by atoms with Gasteiger partial charge in [0.15, 0.2) is 9.84 Å². The van der Waals surface area contributed by atoms with Gasteiger partial charge in [-0.3, -0.25) is 4.98 Å². The summed E-state index contributed by atoms with van der Waals surface area (Å²) in [5, 5.41) is 0.852. The number of hydrogen-bond donors (Lipinski definition) is 1. The van der Waals surface area contributed by atoms with Crippen molar-refractivity contribution in [1.29, 1.82) is 0 Å². The standard InChI is InChI=1S/C17H17N3O2S/c21-23(22,12-4-5-12)9-16-19-15-8-18-14-6-3-11(10-1-2-10)7-13(14)17(15)20-16/h3,6-8,10,12H,1-2,4-5,9H2,(H,19,20). The van der Waals surface area contributed by atoms with Gasteiger partial charge in [-0.2, -0.15) is 0 Å². The fraction of sp³-hybridized carbons (Fsp3) is 0.412. The molecular formula is C17H17N3O2S. The molecule has 0 spiro atoms. The number of nitrogens with one attached hydrogen (secondary N) is 1. The van der Waals surface area contributed by atoms with Crippen molar-refractivity contribution in [1.82, 2.24) is 15.0 Å². The summed E-state index contributed by atoms with van der Waals surface area (Å²) < 4.78 is 24.4. The van der Waals surface area contributed by atoms with E-state index >= 15 is 0 Å². The van der Waals surface area contributed by atoms with Crippen molar-refractivity contribution in [3.8, 4) is 0 Å². The van der Waals surface area contributed by atoms with Gasteiger partial charge in [0.25, 0.3) is 0 Å². The first-order chi connectivity index (χ1) is 11.1. The highest BCUT2D eigenvalue weighted by atomic mass is 32.2. The third-order valence-electron chi connectivity index (χ3n) is 4.81. The Balaban J connectivity index is 1.63. The van der Waals surface area contributed by atoms with Gasteiger partial charge in [0.1, 0.15) is 11.6 Å². The van der Waals surface area contributed by atoms with Gasteiger partial charge in [-0.1, -0.05) is 6.07 Å². The van der Waals surface area contributed by atoms with Crippen LogP contribution in [0.15, 0.2) is 24.4 Å². The van der Waals surface area contributed by atoms with E-state index in [0.717, 1.165) is 34.8 Å². The lowest BCUT2D eigenvalue weighted by Crippen LogP contribution is -2.10. The average Bonchev–Trinajstić information content (AvgIpc) is 3.41. The molecule has 0 amide bonds. The molecule has 0 atom stereocenters. The number of nitrogens with zero attached hydrogens (tertiary/aromatic N) is 2. The lowest BCUT2D eigenvalue weighted by atomic mass is 10.1. The van der Waals surface area contributed by atoms with Crippen LogP contribution in [0.25, 0.3) is 21.9 Å². The highest BCUT2D eigenvalue weighted by Crippen LogP contribution is 2.41. The molecular weight excluding hydrogens is 310 g/mol. The molecule has 0 radical (unpaired) electrons. The number of hydrogen-bond acceptors (Lipinski definition) is 4. The van der Waals surface area contributed by atoms with Crippen LogP contribution in [-0.2, 0) is 15.6 Å². The van der Waals surface area contributed by atoms with Crippen molar-refractivity contribution in [2.45, 2.75) is 42.6 Å². The third-order valence-corrected chi connectivity index (χ3v) is 6.97. The van der Waals surface area contributed by atoms with Crippen LogP contribution < -0.4 is 0 Å². The molecule has 6 heteroatoms. The molecule has 2 saturated carbocycles. The SMILES string of the molecule is O=S(=O)(Cc1nc2c(cnc3ccc(C4CC4)cc32)[nH]1)C1CC1. The third kappa shape index (κ3) is 2.32. The van der Waals surface area contributed by atoms with Gasteiger partial charge in [-0.25, -0.2) is 13.4 Å². The Hall–Kier alpha value is -1.95. The number of sulfone groups is 1. The number of aromatic nitrogens is 3. The molecule has 2 heterocycles. The Bertz CT molecular complexity index is 1030.